The molecule has 0 fully saturated rings. The Hall–Kier alpha value is -0.810. The van der Waals surface area contributed by atoms with Gasteiger partial charge >= 0.3 is 0 Å². The molecule has 76 valence electrons. The predicted molar refractivity (Wildman–Crippen MR) is 55.7 cm³/mol. The summed E-state index contributed by atoms with van der Waals surface area (Å²) in [5.74, 6) is 4.46. The first kappa shape index (κ1) is 11.3. The van der Waals surface area contributed by atoms with E-state index in [0.717, 1.165) is 0 Å². The van der Waals surface area contributed by atoms with Crippen molar-refractivity contribution in [3.05, 3.63) is 33.8 Å². The van der Waals surface area contributed by atoms with Crippen molar-refractivity contribution in [2.75, 3.05) is 0 Å². The molecule has 0 saturated carbocycles. The molecular formula is C8H9Cl2N3O. The first-order valence-electron chi connectivity index (χ1n) is 3.77. The first-order valence-corrected chi connectivity index (χ1v) is 4.53. The fraction of sp³-hybridized carbons (Fsp3) is 0.125. The molecule has 4 nitrogen and oxygen atoms in total. The zero-order valence-electron chi connectivity index (χ0n) is 7.13. The lowest BCUT2D eigenvalue weighted by Gasteiger charge is -2.10. The van der Waals surface area contributed by atoms with Crippen LogP contribution in [0.1, 0.15) is 11.6 Å². The molecule has 5 N–H and O–H groups in total. The van der Waals surface area contributed by atoms with E-state index in [1.54, 1.807) is 12.1 Å². The third-order valence-corrected chi connectivity index (χ3v) is 2.47. The van der Waals surface area contributed by atoms with Crippen LogP contribution in [0.5, 0.6) is 0 Å². The van der Waals surface area contributed by atoms with Gasteiger partial charge in [0.15, 0.2) is 0 Å². The molecule has 1 aromatic rings. The Balaban J connectivity index is 2.96. The van der Waals surface area contributed by atoms with Crippen molar-refractivity contribution in [2.24, 2.45) is 11.6 Å². The Morgan fingerprint density at radius 3 is 2.50 bits per heavy atom. The molecule has 1 amide bonds. The van der Waals surface area contributed by atoms with Gasteiger partial charge in [-0.25, -0.2) is 5.84 Å². The van der Waals surface area contributed by atoms with Crippen LogP contribution in [0.2, 0.25) is 10.0 Å². The number of nitrogens with two attached hydrogens (primary N) is 2. The van der Waals surface area contributed by atoms with E-state index in [2.05, 4.69) is 0 Å². The van der Waals surface area contributed by atoms with Crippen molar-refractivity contribution in [3.8, 4) is 0 Å². The van der Waals surface area contributed by atoms with Gasteiger partial charge in [-0.1, -0.05) is 29.3 Å². The molecule has 1 atom stereocenters. The van der Waals surface area contributed by atoms with Crippen LogP contribution < -0.4 is 17.0 Å². The molecule has 1 unspecified atom stereocenters. The molecule has 0 aliphatic heterocycles. The van der Waals surface area contributed by atoms with E-state index in [1.807, 2.05) is 5.43 Å². The van der Waals surface area contributed by atoms with Gasteiger partial charge in [-0.15, -0.1) is 0 Å². The highest BCUT2D eigenvalue weighted by atomic mass is 35.5. The molecule has 0 spiro atoms. The predicted octanol–water partition coefficient (Wildman–Crippen LogP) is 0.983. The number of hydrazine groups is 1. The maximum Gasteiger partial charge on any atom is 0.255 e. The first-order chi connectivity index (χ1) is 6.56. The Morgan fingerprint density at radius 1 is 1.36 bits per heavy atom. The number of carbonyl (C=O) groups excluding carboxylic acids is 1. The van der Waals surface area contributed by atoms with Crippen molar-refractivity contribution in [1.82, 2.24) is 5.43 Å². The van der Waals surface area contributed by atoms with Crippen molar-refractivity contribution in [3.63, 3.8) is 0 Å². The topological polar surface area (TPSA) is 81.1 Å². The summed E-state index contributed by atoms with van der Waals surface area (Å²) in [6.45, 7) is 0. The van der Waals surface area contributed by atoms with Gasteiger partial charge in [0.25, 0.3) is 5.91 Å². The third-order valence-electron chi connectivity index (χ3n) is 1.73. The minimum absolute atomic E-state index is 0.351. The number of amides is 1. The zero-order valence-corrected chi connectivity index (χ0v) is 8.64. The van der Waals surface area contributed by atoms with E-state index in [0.29, 0.717) is 15.6 Å². The summed E-state index contributed by atoms with van der Waals surface area (Å²) < 4.78 is 0. The van der Waals surface area contributed by atoms with Crippen LogP contribution in [0, 0.1) is 0 Å². The molecule has 0 heterocycles. The molecule has 6 heteroatoms. The summed E-state index contributed by atoms with van der Waals surface area (Å²) in [7, 11) is 0. The molecule has 1 rings (SSSR count). The van der Waals surface area contributed by atoms with Gasteiger partial charge in [0.1, 0.15) is 6.04 Å². The van der Waals surface area contributed by atoms with Crippen molar-refractivity contribution in [2.45, 2.75) is 6.04 Å². The van der Waals surface area contributed by atoms with Gasteiger partial charge in [-0.3, -0.25) is 10.2 Å². The maximum absolute atomic E-state index is 11.1. The molecule has 1 aromatic carbocycles. The van der Waals surface area contributed by atoms with E-state index in [9.17, 15) is 4.79 Å². The molecule has 14 heavy (non-hydrogen) atoms. The average Bonchev–Trinajstić information content (AvgIpc) is 2.20. The SMILES string of the molecule is NNC(=O)C(N)c1ccc(Cl)c(Cl)c1. The highest BCUT2D eigenvalue weighted by molar-refractivity contribution is 6.42. The molecule has 0 radical (unpaired) electrons. The number of hydrogen-bond donors (Lipinski definition) is 3. The molecule has 0 aliphatic carbocycles. The molecule has 0 saturated heterocycles. The van der Waals surface area contributed by atoms with Gasteiger partial charge in [-0.2, -0.15) is 0 Å². The van der Waals surface area contributed by atoms with Crippen LogP contribution in [0.4, 0.5) is 0 Å². The number of rotatable bonds is 2. The van der Waals surface area contributed by atoms with Gasteiger partial charge < -0.3 is 5.73 Å². The standard InChI is InChI=1S/C8H9Cl2N3O/c9-5-2-1-4(3-6(5)10)7(11)8(14)13-12/h1-3,7H,11-12H2,(H,13,14). The van der Waals surface area contributed by atoms with Gasteiger partial charge in [0.05, 0.1) is 10.0 Å². The number of carbonyl (C=O) groups is 1. The lowest BCUT2D eigenvalue weighted by atomic mass is 10.1. The minimum atomic E-state index is -0.838. The fourth-order valence-electron chi connectivity index (χ4n) is 0.947. The Bertz CT molecular complexity index is 356. The average molecular weight is 234 g/mol. The second-order valence-electron chi connectivity index (χ2n) is 2.66. The largest absolute Gasteiger partial charge is 0.316 e. The fourth-order valence-corrected chi connectivity index (χ4v) is 1.25. The van der Waals surface area contributed by atoms with Gasteiger partial charge in [0.2, 0.25) is 0 Å². The Labute approximate surface area is 91.1 Å². The quantitative estimate of drug-likeness (QED) is 0.405. The highest BCUT2D eigenvalue weighted by Crippen LogP contribution is 2.24. The van der Waals surface area contributed by atoms with E-state index >= 15 is 0 Å². The van der Waals surface area contributed by atoms with Gasteiger partial charge in [-0.05, 0) is 17.7 Å². The summed E-state index contributed by atoms with van der Waals surface area (Å²) in [5.41, 5.74) is 8.09. The van der Waals surface area contributed by atoms with Crippen molar-refractivity contribution >= 4 is 29.1 Å². The van der Waals surface area contributed by atoms with Crippen LogP contribution in [-0.4, -0.2) is 5.91 Å². The van der Waals surface area contributed by atoms with Crippen LogP contribution >= 0.6 is 23.2 Å². The van der Waals surface area contributed by atoms with E-state index < -0.39 is 11.9 Å². The lowest BCUT2D eigenvalue weighted by Crippen LogP contribution is -2.38. The van der Waals surface area contributed by atoms with Crippen LogP contribution in [-0.2, 0) is 4.79 Å². The molecule has 0 aromatic heterocycles. The van der Waals surface area contributed by atoms with Crippen LogP contribution in [0.3, 0.4) is 0 Å². The van der Waals surface area contributed by atoms with Crippen molar-refractivity contribution in [1.29, 1.82) is 0 Å². The lowest BCUT2D eigenvalue weighted by molar-refractivity contribution is -0.122. The second-order valence-corrected chi connectivity index (χ2v) is 3.47. The molecule has 0 aliphatic rings. The molecule has 0 bridgehead atoms. The van der Waals surface area contributed by atoms with Gasteiger partial charge in [0, 0.05) is 0 Å². The Kier molecular flexibility index (Phi) is 3.71. The van der Waals surface area contributed by atoms with Crippen LogP contribution in [0.15, 0.2) is 18.2 Å². The summed E-state index contributed by atoms with van der Waals surface area (Å²) in [5, 5.41) is 0.764. The number of benzene rings is 1. The van der Waals surface area contributed by atoms with E-state index in [1.165, 1.54) is 6.07 Å². The Morgan fingerprint density at radius 2 is 2.00 bits per heavy atom. The summed E-state index contributed by atoms with van der Waals surface area (Å²) in [4.78, 5) is 11.1. The summed E-state index contributed by atoms with van der Waals surface area (Å²) in [6.07, 6.45) is 0. The second kappa shape index (κ2) is 4.61. The number of halogens is 2. The highest BCUT2D eigenvalue weighted by Gasteiger charge is 2.15. The third kappa shape index (κ3) is 2.36. The smallest absolute Gasteiger partial charge is 0.255 e. The maximum atomic E-state index is 11.1. The normalized spacial score (nSPS) is 12.3. The van der Waals surface area contributed by atoms with E-state index in [4.69, 9.17) is 34.8 Å². The van der Waals surface area contributed by atoms with Crippen LogP contribution in [0.25, 0.3) is 0 Å². The monoisotopic (exact) mass is 233 g/mol. The summed E-state index contributed by atoms with van der Waals surface area (Å²) >= 11 is 11.5. The number of hydrogen-bond acceptors (Lipinski definition) is 3. The number of nitrogens with one attached hydrogen (secondary N) is 1. The van der Waals surface area contributed by atoms with Crippen molar-refractivity contribution < 1.29 is 4.79 Å². The van der Waals surface area contributed by atoms with E-state index in [-0.39, 0.29) is 0 Å². The minimum Gasteiger partial charge on any atom is -0.316 e. The molecular weight excluding hydrogens is 225 g/mol. The summed E-state index contributed by atoms with van der Waals surface area (Å²) in [6, 6.07) is 3.88. The zero-order chi connectivity index (χ0) is 10.7.